The van der Waals surface area contributed by atoms with Gasteiger partial charge >= 0.3 is 0 Å². The molecule has 1 aliphatic heterocycles. The van der Waals surface area contributed by atoms with Crippen LogP contribution in [0.5, 0.6) is 0 Å². The Bertz CT molecular complexity index is 1110. The number of benzene rings is 2. The van der Waals surface area contributed by atoms with E-state index in [2.05, 4.69) is 0 Å². The average molecular weight is 423 g/mol. The van der Waals surface area contributed by atoms with E-state index in [4.69, 9.17) is 0 Å². The highest BCUT2D eigenvalue weighted by Crippen LogP contribution is 2.32. The predicted molar refractivity (Wildman–Crippen MR) is 108 cm³/mol. The van der Waals surface area contributed by atoms with Gasteiger partial charge in [0.2, 0.25) is 15.9 Å². The molecule has 1 fully saturated rings. The van der Waals surface area contributed by atoms with Gasteiger partial charge in [-0.1, -0.05) is 25.1 Å². The number of anilines is 2. The van der Waals surface area contributed by atoms with Gasteiger partial charge in [0, 0.05) is 6.54 Å². The summed E-state index contributed by atoms with van der Waals surface area (Å²) in [6.45, 7) is 5.13. The average Bonchev–Trinajstić information content (AvgIpc) is 2.83. The number of hydrogen-bond acceptors (Lipinski definition) is 5. The molecule has 1 aliphatic rings. The van der Waals surface area contributed by atoms with Crippen LogP contribution >= 0.6 is 0 Å². The SMILES string of the molecule is CCN(c1ccccc1)S(=O)(=O)c1ccc(N2C(=O)C(C)CS2(=O)=O)cc1C. The molecule has 1 atom stereocenters. The van der Waals surface area contributed by atoms with Crippen LogP contribution in [0, 0.1) is 12.8 Å². The topological polar surface area (TPSA) is 91.8 Å². The van der Waals surface area contributed by atoms with Gasteiger partial charge in [0.15, 0.2) is 0 Å². The van der Waals surface area contributed by atoms with Crippen molar-refractivity contribution >= 4 is 37.3 Å². The highest BCUT2D eigenvalue weighted by Gasteiger charge is 2.42. The number of amides is 1. The number of carbonyl (C=O) groups is 1. The van der Waals surface area contributed by atoms with Gasteiger partial charge in [0.1, 0.15) is 0 Å². The fraction of sp³-hybridized carbons (Fsp3) is 0.316. The van der Waals surface area contributed by atoms with E-state index in [1.165, 1.54) is 22.5 Å². The number of sulfonamides is 2. The number of rotatable bonds is 5. The summed E-state index contributed by atoms with van der Waals surface area (Å²) >= 11 is 0. The lowest BCUT2D eigenvalue weighted by Gasteiger charge is -2.24. The summed E-state index contributed by atoms with van der Waals surface area (Å²) in [5.41, 5.74) is 1.07. The van der Waals surface area contributed by atoms with E-state index in [0.29, 0.717) is 11.3 Å². The zero-order valence-electron chi connectivity index (χ0n) is 15.9. The normalized spacial score (nSPS) is 19.0. The maximum Gasteiger partial charge on any atom is 0.264 e. The van der Waals surface area contributed by atoms with Crippen LogP contribution in [0.1, 0.15) is 19.4 Å². The number of hydrogen-bond donors (Lipinski definition) is 0. The lowest BCUT2D eigenvalue weighted by Crippen LogP contribution is -2.32. The number of nitrogens with zero attached hydrogens (tertiary/aromatic N) is 2. The Balaban J connectivity index is 2.04. The van der Waals surface area contributed by atoms with E-state index >= 15 is 0 Å². The van der Waals surface area contributed by atoms with Gasteiger partial charge in [0.05, 0.1) is 27.9 Å². The minimum absolute atomic E-state index is 0.0686. The summed E-state index contributed by atoms with van der Waals surface area (Å²) in [6.07, 6.45) is 0. The summed E-state index contributed by atoms with van der Waals surface area (Å²) < 4.78 is 53.0. The van der Waals surface area contributed by atoms with Gasteiger partial charge in [0.25, 0.3) is 10.0 Å². The molecule has 3 rings (SSSR count). The van der Waals surface area contributed by atoms with Crippen LogP contribution in [-0.4, -0.2) is 35.0 Å². The van der Waals surface area contributed by atoms with Gasteiger partial charge < -0.3 is 0 Å². The minimum Gasteiger partial charge on any atom is -0.273 e. The summed E-state index contributed by atoms with van der Waals surface area (Å²) in [4.78, 5) is 12.3. The Morgan fingerprint density at radius 2 is 1.79 bits per heavy atom. The monoisotopic (exact) mass is 422 g/mol. The van der Waals surface area contributed by atoms with E-state index in [-0.39, 0.29) is 22.9 Å². The molecule has 2 aromatic rings. The third-order valence-corrected chi connectivity index (χ3v) is 8.58. The molecule has 0 bridgehead atoms. The van der Waals surface area contributed by atoms with E-state index in [1.54, 1.807) is 51.1 Å². The molecular formula is C19H22N2O5S2. The maximum atomic E-state index is 13.2. The molecule has 1 amide bonds. The van der Waals surface area contributed by atoms with Crippen LogP contribution in [0.25, 0.3) is 0 Å². The lowest BCUT2D eigenvalue weighted by atomic mass is 10.2. The molecule has 1 heterocycles. The molecule has 7 nitrogen and oxygen atoms in total. The van der Waals surface area contributed by atoms with Crippen LogP contribution in [0.2, 0.25) is 0 Å². The Hall–Kier alpha value is -2.39. The highest BCUT2D eigenvalue weighted by molar-refractivity contribution is 7.94. The second-order valence-corrected chi connectivity index (χ2v) is 10.4. The molecule has 0 saturated carbocycles. The lowest BCUT2D eigenvalue weighted by molar-refractivity contribution is -0.119. The van der Waals surface area contributed by atoms with Gasteiger partial charge in [-0.2, -0.15) is 0 Å². The molecule has 0 aliphatic carbocycles. The van der Waals surface area contributed by atoms with Gasteiger partial charge in [-0.05, 0) is 49.7 Å². The van der Waals surface area contributed by atoms with Gasteiger partial charge in [-0.3, -0.25) is 9.10 Å². The van der Waals surface area contributed by atoms with Crippen molar-refractivity contribution in [2.75, 3.05) is 20.9 Å². The van der Waals surface area contributed by atoms with Crippen molar-refractivity contribution in [2.45, 2.75) is 25.7 Å². The first-order valence-electron chi connectivity index (χ1n) is 8.85. The molecule has 0 aromatic heterocycles. The van der Waals surface area contributed by atoms with Gasteiger partial charge in [-0.15, -0.1) is 0 Å². The van der Waals surface area contributed by atoms with Gasteiger partial charge in [-0.25, -0.2) is 21.1 Å². The molecular weight excluding hydrogens is 400 g/mol. The van der Waals surface area contributed by atoms with E-state index in [0.717, 1.165) is 4.31 Å². The van der Waals surface area contributed by atoms with Crippen molar-refractivity contribution in [3.05, 3.63) is 54.1 Å². The summed E-state index contributed by atoms with van der Waals surface area (Å²) in [5.74, 6) is -1.38. The van der Waals surface area contributed by atoms with Crippen LogP contribution in [0.4, 0.5) is 11.4 Å². The largest absolute Gasteiger partial charge is 0.273 e. The van der Waals surface area contributed by atoms with E-state index < -0.39 is 31.9 Å². The van der Waals surface area contributed by atoms with Crippen LogP contribution in [-0.2, 0) is 24.8 Å². The Morgan fingerprint density at radius 1 is 1.14 bits per heavy atom. The quantitative estimate of drug-likeness (QED) is 0.738. The smallest absolute Gasteiger partial charge is 0.264 e. The second-order valence-electron chi connectivity index (χ2n) is 6.74. The number of aryl methyl sites for hydroxylation is 1. The number of carbonyl (C=O) groups excluding carboxylic acids is 1. The molecule has 1 unspecified atom stereocenters. The van der Waals surface area contributed by atoms with E-state index in [1.807, 2.05) is 0 Å². The molecule has 0 spiro atoms. The Labute approximate surface area is 165 Å². The molecule has 150 valence electrons. The zero-order chi connectivity index (χ0) is 20.7. The zero-order valence-corrected chi connectivity index (χ0v) is 17.5. The van der Waals surface area contributed by atoms with Crippen molar-refractivity contribution in [2.24, 2.45) is 5.92 Å². The molecule has 2 aromatic carbocycles. The fourth-order valence-corrected chi connectivity index (χ4v) is 6.84. The van der Waals surface area contributed by atoms with Crippen molar-refractivity contribution < 1.29 is 21.6 Å². The number of para-hydroxylation sites is 1. The van der Waals surface area contributed by atoms with Crippen molar-refractivity contribution in [1.29, 1.82) is 0 Å². The third-order valence-electron chi connectivity index (χ3n) is 4.65. The first-order chi connectivity index (χ1) is 13.1. The van der Waals surface area contributed by atoms with Crippen molar-refractivity contribution in [3.8, 4) is 0 Å². The molecule has 1 saturated heterocycles. The van der Waals surface area contributed by atoms with Crippen molar-refractivity contribution in [3.63, 3.8) is 0 Å². The third kappa shape index (κ3) is 3.40. The minimum atomic E-state index is -3.85. The highest BCUT2D eigenvalue weighted by atomic mass is 32.2. The molecule has 0 N–H and O–H groups in total. The summed E-state index contributed by atoms with van der Waals surface area (Å²) in [6, 6.07) is 12.9. The first kappa shape index (κ1) is 20.3. The fourth-order valence-electron chi connectivity index (χ4n) is 3.34. The maximum absolute atomic E-state index is 13.2. The first-order valence-corrected chi connectivity index (χ1v) is 11.9. The Morgan fingerprint density at radius 3 is 2.29 bits per heavy atom. The molecule has 28 heavy (non-hydrogen) atoms. The Kier molecular flexibility index (Phi) is 5.24. The predicted octanol–water partition coefficient (Wildman–Crippen LogP) is 2.52. The molecule has 0 radical (unpaired) electrons. The summed E-state index contributed by atoms with van der Waals surface area (Å²) in [7, 11) is -7.59. The summed E-state index contributed by atoms with van der Waals surface area (Å²) in [5, 5.41) is 0. The van der Waals surface area contributed by atoms with Crippen LogP contribution in [0.15, 0.2) is 53.4 Å². The molecule has 9 heteroatoms. The van der Waals surface area contributed by atoms with Crippen LogP contribution < -0.4 is 8.61 Å². The van der Waals surface area contributed by atoms with E-state index in [9.17, 15) is 21.6 Å². The second kappa shape index (κ2) is 7.21. The van der Waals surface area contributed by atoms with Crippen molar-refractivity contribution in [1.82, 2.24) is 0 Å². The standard InChI is InChI=1S/C19H22N2O5S2/c1-4-20(16-8-6-5-7-9-16)28(25,26)18-11-10-17(12-14(18)2)21-19(22)15(3)13-27(21,23)24/h5-12,15H,4,13H2,1-3H3. The van der Waals surface area contributed by atoms with Crippen LogP contribution in [0.3, 0.4) is 0 Å².